The molecule has 2 aliphatic rings. The monoisotopic (exact) mass is 263 g/mol. The number of hydrogen-bond acceptors (Lipinski definition) is 3. The van der Waals surface area contributed by atoms with Crippen LogP contribution in [0.15, 0.2) is 18.2 Å². The van der Waals surface area contributed by atoms with Gasteiger partial charge in [-0.25, -0.2) is 4.39 Å². The molecule has 4 nitrogen and oxygen atoms in total. The van der Waals surface area contributed by atoms with Crippen molar-refractivity contribution in [2.24, 2.45) is 0 Å². The van der Waals surface area contributed by atoms with Gasteiger partial charge in [-0.3, -0.25) is 9.69 Å². The van der Waals surface area contributed by atoms with Crippen molar-refractivity contribution in [3.8, 4) is 0 Å². The van der Waals surface area contributed by atoms with Crippen LogP contribution in [-0.4, -0.2) is 36.0 Å². The number of carbonyl (C=O) groups excluding carboxylic acids is 1. The molecular formula is C14H18FN3O. The summed E-state index contributed by atoms with van der Waals surface area (Å²) in [5, 5.41) is 3.02. The molecule has 0 bridgehead atoms. The summed E-state index contributed by atoms with van der Waals surface area (Å²) in [6.07, 6.45) is 3.31. The minimum atomic E-state index is -0.473. The highest BCUT2D eigenvalue weighted by atomic mass is 19.1. The van der Waals surface area contributed by atoms with Gasteiger partial charge in [0.1, 0.15) is 5.82 Å². The molecule has 2 aliphatic heterocycles. The summed E-state index contributed by atoms with van der Waals surface area (Å²) in [5.41, 5.74) is 6.14. The second-order valence-electron chi connectivity index (χ2n) is 5.39. The smallest absolute Gasteiger partial charge is 0.251 e. The van der Waals surface area contributed by atoms with E-state index < -0.39 is 5.82 Å². The van der Waals surface area contributed by atoms with Gasteiger partial charge in [0.25, 0.3) is 5.91 Å². The fraction of sp³-hybridized carbons (Fsp3) is 0.500. The lowest BCUT2D eigenvalue weighted by atomic mass is 10.1. The van der Waals surface area contributed by atoms with Crippen molar-refractivity contribution in [2.45, 2.75) is 31.3 Å². The lowest BCUT2D eigenvalue weighted by Gasteiger charge is -2.21. The van der Waals surface area contributed by atoms with E-state index in [2.05, 4.69) is 10.2 Å². The van der Waals surface area contributed by atoms with Crippen molar-refractivity contribution in [1.29, 1.82) is 0 Å². The van der Waals surface area contributed by atoms with Crippen molar-refractivity contribution < 1.29 is 9.18 Å². The van der Waals surface area contributed by atoms with E-state index in [1.54, 1.807) is 0 Å². The largest absolute Gasteiger partial charge is 0.399 e. The molecule has 0 saturated carbocycles. The number of benzene rings is 1. The first-order valence-corrected chi connectivity index (χ1v) is 6.74. The van der Waals surface area contributed by atoms with Gasteiger partial charge in [0.05, 0.1) is 0 Å². The van der Waals surface area contributed by atoms with E-state index >= 15 is 0 Å². The third kappa shape index (κ3) is 2.42. The molecule has 2 unspecified atom stereocenters. The average Bonchev–Trinajstić information content (AvgIpc) is 2.92. The molecule has 2 atom stereocenters. The number of fused-ring (bicyclic) bond motifs is 1. The number of nitrogens with one attached hydrogen (secondary N) is 1. The Morgan fingerprint density at radius 3 is 2.95 bits per heavy atom. The van der Waals surface area contributed by atoms with Gasteiger partial charge in [-0.2, -0.15) is 0 Å². The first kappa shape index (κ1) is 12.4. The van der Waals surface area contributed by atoms with Gasteiger partial charge in [-0.15, -0.1) is 0 Å². The third-order valence-electron chi connectivity index (χ3n) is 4.10. The molecule has 2 fully saturated rings. The van der Waals surface area contributed by atoms with Crippen molar-refractivity contribution >= 4 is 11.6 Å². The van der Waals surface area contributed by atoms with Crippen LogP contribution >= 0.6 is 0 Å². The second kappa shape index (κ2) is 4.81. The van der Waals surface area contributed by atoms with Gasteiger partial charge in [0.2, 0.25) is 0 Å². The van der Waals surface area contributed by atoms with Crippen LogP contribution in [0, 0.1) is 5.82 Å². The predicted octanol–water partition coefficient (Wildman–Crippen LogP) is 1.37. The standard InChI is InChI=1S/C14H18FN3O/c15-10-6-9(7-11(16)8-10)14(19)17-12-3-5-18-4-1-2-13(12)18/h6-8,12-13H,1-5,16H2,(H,17,19). The highest BCUT2D eigenvalue weighted by Gasteiger charge is 2.37. The van der Waals surface area contributed by atoms with Gasteiger partial charge in [-0.05, 0) is 44.0 Å². The zero-order chi connectivity index (χ0) is 13.4. The Bertz CT molecular complexity index is 485. The first-order chi connectivity index (χ1) is 9.13. The van der Waals surface area contributed by atoms with Gasteiger partial charge in [0, 0.05) is 29.9 Å². The van der Waals surface area contributed by atoms with Gasteiger partial charge in [0.15, 0.2) is 0 Å². The van der Waals surface area contributed by atoms with Crippen molar-refractivity contribution in [1.82, 2.24) is 10.2 Å². The lowest BCUT2D eigenvalue weighted by molar-refractivity contribution is 0.0929. The molecule has 0 radical (unpaired) electrons. The molecule has 0 aliphatic carbocycles. The molecule has 102 valence electrons. The highest BCUT2D eigenvalue weighted by Crippen LogP contribution is 2.28. The molecule has 0 spiro atoms. The summed E-state index contributed by atoms with van der Waals surface area (Å²) in [5.74, 6) is -0.705. The molecule has 2 heterocycles. The number of anilines is 1. The van der Waals surface area contributed by atoms with E-state index in [0.29, 0.717) is 11.6 Å². The zero-order valence-electron chi connectivity index (χ0n) is 10.7. The summed E-state index contributed by atoms with van der Waals surface area (Å²) in [7, 11) is 0. The summed E-state index contributed by atoms with van der Waals surface area (Å²) >= 11 is 0. The summed E-state index contributed by atoms with van der Waals surface area (Å²) in [4.78, 5) is 14.6. The molecule has 3 N–H and O–H groups in total. The Labute approximate surface area is 111 Å². The van der Waals surface area contributed by atoms with Crippen LogP contribution < -0.4 is 11.1 Å². The molecular weight excluding hydrogens is 245 g/mol. The van der Waals surface area contributed by atoms with Gasteiger partial charge >= 0.3 is 0 Å². The molecule has 5 heteroatoms. The van der Waals surface area contributed by atoms with Crippen LogP contribution in [0.5, 0.6) is 0 Å². The maximum absolute atomic E-state index is 13.2. The van der Waals surface area contributed by atoms with Crippen molar-refractivity contribution in [2.75, 3.05) is 18.8 Å². The third-order valence-corrected chi connectivity index (χ3v) is 4.10. The zero-order valence-corrected chi connectivity index (χ0v) is 10.7. The van der Waals surface area contributed by atoms with E-state index in [9.17, 15) is 9.18 Å². The summed E-state index contributed by atoms with van der Waals surface area (Å²) < 4.78 is 13.2. The quantitative estimate of drug-likeness (QED) is 0.792. The van der Waals surface area contributed by atoms with Crippen molar-refractivity contribution in [3.05, 3.63) is 29.6 Å². The van der Waals surface area contributed by atoms with E-state index in [4.69, 9.17) is 5.73 Å². The Kier molecular flexibility index (Phi) is 3.14. The van der Waals surface area contributed by atoms with Crippen LogP contribution in [0.2, 0.25) is 0 Å². The molecule has 19 heavy (non-hydrogen) atoms. The average molecular weight is 263 g/mol. The number of hydrogen-bond donors (Lipinski definition) is 2. The van der Waals surface area contributed by atoms with E-state index in [-0.39, 0.29) is 17.6 Å². The fourth-order valence-electron chi connectivity index (χ4n) is 3.25. The maximum atomic E-state index is 13.2. The van der Waals surface area contributed by atoms with E-state index in [1.165, 1.54) is 24.6 Å². The number of nitrogens with zero attached hydrogens (tertiary/aromatic N) is 1. The maximum Gasteiger partial charge on any atom is 0.251 e. The molecule has 1 aromatic carbocycles. The Morgan fingerprint density at radius 2 is 2.16 bits per heavy atom. The van der Waals surface area contributed by atoms with Crippen LogP contribution in [-0.2, 0) is 0 Å². The highest BCUT2D eigenvalue weighted by molar-refractivity contribution is 5.95. The van der Waals surface area contributed by atoms with Crippen LogP contribution in [0.4, 0.5) is 10.1 Å². The lowest BCUT2D eigenvalue weighted by Crippen LogP contribution is -2.42. The topological polar surface area (TPSA) is 58.4 Å². The Morgan fingerprint density at radius 1 is 1.32 bits per heavy atom. The molecule has 3 rings (SSSR count). The Hall–Kier alpha value is -1.62. The fourth-order valence-corrected chi connectivity index (χ4v) is 3.25. The Balaban J connectivity index is 1.71. The number of carbonyl (C=O) groups is 1. The van der Waals surface area contributed by atoms with Crippen LogP contribution in [0.25, 0.3) is 0 Å². The number of halogens is 1. The van der Waals surface area contributed by atoms with Crippen LogP contribution in [0.3, 0.4) is 0 Å². The molecule has 1 amide bonds. The normalized spacial score (nSPS) is 26.4. The van der Waals surface area contributed by atoms with Gasteiger partial charge in [-0.1, -0.05) is 0 Å². The molecule has 1 aromatic rings. The first-order valence-electron chi connectivity index (χ1n) is 6.74. The van der Waals surface area contributed by atoms with Gasteiger partial charge < -0.3 is 11.1 Å². The van der Waals surface area contributed by atoms with E-state index in [1.807, 2.05) is 0 Å². The summed E-state index contributed by atoms with van der Waals surface area (Å²) in [6, 6.07) is 4.59. The van der Waals surface area contributed by atoms with Crippen molar-refractivity contribution in [3.63, 3.8) is 0 Å². The second-order valence-corrected chi connectivity index (χ2v) is 5.39. The minimum Gasteiger partial charge on any atom is -0.399 e. The number of amides is 1. The molecule has 0 aromatic heterocycles. The van der Waals surface area contributed by atoms with Crippen LogP contribution in [0.1, 0.15) is 29.6 Å². The number of nitrogens with two attached hydrogens (primary N) is 1. The number of nitrogen functional groups attached to an aromatic ring is 1. The van der Waals surface area contributed by atoms with E-state index in [0.717, 1.165) is 25.9 Å². The SMILES string of the molecule is Nc1cc(F)cc(C(=O)NC2CCN3CCCC23)c1. The predicted molar refractivity (Wildman–Crippen MR) is 71.3 cm³/mol. The molecule has 2 saturated heterocycles. The minimum absolute atomic E-state index is 0.180. The number of rotatable bonds is 2. The summed E-state index contributed by atoms with van der Waals surface area (Å²) in [6.45, 7) is 2.17.